The van der Waals surface area contributed by atoms with Crippen LogP contribution < -0.4 is 0 Å². The van der Waals surface area contributed by atoms with Gasteiger partial charge in [-0.05, 0) is 33.9 Å². The highest BCUT2D eigenvalue weighted by atomic mass is 35.5. The van der Waals surface area contributed by atoms with E-state index in [1.165, 1.54) is 0 Å². The van der Waals surface area contributed by atoms with E-state index in [1.54, 1.807) is 13.8 Å². The van der Waals surface area contributed by atoms with Crippen molar-refractivity contribution in [3.63, 3.8) is 0 Å². The van der Waals surface area contributed by atoms with Crippen LogP contribution in [0, 0.1) is 5.92 Å². The molecule has 0 aromatic carbocycles. The molecule has 16 heavy (non-hydrogen) atoms. The third-order valence-corrected chi connectivity index (χ3v) is 2.56. The standard InChI is InChI=1S/C11H19NO3.ClH/c1-8(2)15-11(14)9-4-6-12(3)7-5-10(9)13;/h8-9H,4-7H2,1-3H3;1H. The summed E-state index contributed by atoms with van der Waals surface area (Å²) in [6.45, 7) is 5.12. The summed E-state index contributed by atoms with van der Waals surface area (Å²) < 4.78 is 5.07. The van der Waals surface area contributed by atoms with Gasteiger partial charge in [-0.3, -0.25) is 9.59 Å². The fourth-order valence-corrected chi connectivity index (χ4v) is 1.66. The van der Waals surface area contributed by atoms with Crippen LogP contribution in [0.15, 0.2) is 0 Å². The van der Waals surface area contributed by atoms with E-state index in [1.807, 2.05) is 7.05 Å². The molecule has 0 amide bonds. The van der Waals surface area contributed by atoms with E-state index in [-0.39, 0.29) is 30.3 Å². The van der Waals surface area contributed by atoms with Gasteiger partial charge in [0.05, 0.1) is 6.10 Å². The van der Waals surface area contributed by atoms with Crippen molar-refractivity contribution in [2.75, 3.05) is 20.1 Å². The van der Waals surface area contributed by atoms with Crippen LogP contribution in [0.3, 0.4) is 0 Å². The smallest absolute Gasteiger partial charge is 0.316 e. The summed E-state index contributed by atoms with van der Waals surface area (Å²) in [6.07, 6.45) is 0.890. The first-order valence-electron chi connectivity index (χ1n) is 5.42. The molecule has 0 spiro atoms. The number of carbonyl (C=O) groups is 2. The fraction of sp³-hybridized carbons (Fsp3) is 0.818. The minimum atomic E-state index is -0.544. The Labute approximate surface area is 103 Å². The van der Waals surface area contributed by atoms with E-state index >= 15 is 0 Å². The third kappa shape index (κ3) is 4.49. The minimum Gasteiger partial charge on any atom is -0.462 e. The molecule has 1 unspecified atom stereocenters. The summed E-state index contributed by atoms with van der Waals surface area (Å²) in [6, 6.07) is 0. The van der Waals surface area contributed by atoms with Crippen LogP contribution in [-0.2, 0) is 14.3 Å². The number of carbonyl (C=O) groups excluding carboxylic acids is 2. The quantitative estimate of drug-likeness (QED) is 0.546. The molecule has 0 aromatic rings. The summed E-state index contributed by atoms with van der Waals surface area (Å²) in [5, 5.41) is 0. The number of hydrogen-bond acceptors (Lipinski definition) is 4. The number of ketones is 1. The predicted octanol–water partition coefficient (Wildman–Crippen LogP) is 1.27. The van der Waals surface area contributed by atoms with Crippen LogP contribution in [0.5, 0.6) is 0 Å². The number of ether oxygens (including phenoxy) is 1. The molecule has 94 valence electrons. The van der Waals surface area contributed by atoms with E-state index < -0.39 is 5.92 Å². The topological polar surface area (TPSA) is 46.6 Å². The van der Waals surface area contributed by atoms with Gasteiger partial charge in [0.1, 0.15) is 11.7 Å². The van der Waals surface area contributed by atoms with Crippen LogP contribution in [-0.4, -0.2) is 42.9 Å². The van der Waals surface area contributed by atoms with Crippen LogP contribution >= 0.6 is 12.4 Å². The molecule has 1 rings (SSSR count). The Balaban J connectivity index is 0.00000225. The molecular weight excluding hydrogens is 230 g/mol. The van der Waals surface area contributed by atoms with E-state index in [0.29, 0.717) is 12.8 Å². The summed E-state index contributed by atoms with van der Waals surface area (Å²) in [7, 11) is 1.96. The highest BCUT2D eigenvalue weighted by Crippen LogP contribution is 2.15. The fourth-order valence-electron chi connectivity index (χ4n) is 1.66. The molecule has 1 fully saturated rings. The van der Waals surface area contributed by atoms with Gasteiger partial charge in [-0.25, -0.2) is 0 Å². The lowest BCUT2D eigenvalue weighted by molar-refractivity contribution is -0.155. The van der Waals surface area contributed by atoms with Crippen molar-refractivity contribution in [3.05, 3.63) is 0 Å². The summed E-state index contributed by atoms with van der Waals surface area (Å²) in [4.78, 5) is 25.3. The maximum absolute atomic E-state index is 11.7. The Hall–Kier alpha value is -0.610. The van der Waals surface area contributed by atoms with Crippen molar-refractivity contribution in [2.24, 2.45) is 5.92 Å². The van der Waals surface area contributed by atoms with Gasteiger partial charge >= 0.3 is 5.97 Å². The number of esters is 1. The lowest BCUT2D eigenvalue weighted by Crippen LogP contribution is -2.28. The normalized spacial score (nSPS) is 22.5. The molecule has 0 aliphatic carbocycles. The molecule has 0 radical (unpaired) electrons. The predicted molar refractivity (Wildman–Crippen MR) is 63.7 cm³/mol. The number of Topliss-reactive ketones (excluding diaryl/α,β-unsaturated/α-hetero) is 1. The summed E-state index contributed by atoms with van der Waals surface area (Å²) in [5.41, 5.74) is 0. The molecule has 1 atom stereocenters. The monoisotopic (exact) mass is 249 g/mol. The molecule has 1 saturated heterocycles. The van der Waals surface area contributed by atoms with E-state index in [9.17, 15) is 9.59 Å². The van der Waals surface area contributed by atoms with Gasteiger partial charge < -0.3 is 9.64 Å². The molecule has 0 bridgehead atoms. The van der Waals surface area contributed by atoms with E-state index in [2.05, 4.69) is 4.90 Å². The lowest BCUT2D eigenvalue weighted by atomic mass is 9.99. The number of likely N-dealkylation sites (tertiary alicyclic amines) is 1. The number of nitrogens with zero attached hydrogens (tertiary/aromatic N) is 1. The molecule has 0 N–H and O–H groups in total. The SMILES string of the molecule is CC(C)OC(=O)C1CCN(C)CCC1=O.Cl. The zero-order valence-corrected chi connectivity index (χ0v) is 10.9. The third-order valence-electron chi connectivity index (χ3n) is 2.56. The Kier molecular flexibility index (Phi) is 6.60. The first-order valence-corrected chi connectivity index (χ1v) is 5.42. The summed E-state index contributed by atoms with van der Waals surface area (Å²) in [5.74, 6) is -0.882. The molecule has 1 aliphatic heterocycles. The number of hydrogen-bond donors (Lipinski definition) is 0. The van der Waals surface area contributed by atoms with Gasteiger partial charge in [-0.2, -0.15) is 0 Å². The zero-order chi connectivity index (χ0) is 11.4. The lowest BCUT2D eigenvalue weighted by Gasteiger charge is -2.15. The van der Waals surface area contributed by atoms with Gasteiger partial charge in [0.15, 0.2) is 0 Å². The second-order valence-electron chi connectivity index (χ2n) is 4.35. The highest BCUT2D eigenvalue weighted by Gasteiger charge is 2.30. The second-order valence-corrected chi connectivity index (χ2v) is 4.35. The van der Waals surface area contributed by atoms with Gasteiger partial charge in [-0.1, -0.05) is 0 Å². The molecule has 4 nitrogen and oxygen atoms in total. The first-order chi connectivity index (χ1) is 7.00. The van der Waals surface area contributed by atoms with Crippen LogP contribution in [0.1, 0.15) is 26.7 Å². The molecule has 0 aromatic heterocycles. The van der Waals surface area contributed by atoms with Crippen molar-refractivity contribution in [2.45, 2.75) is 32.8 Å². The van der Waals surface area contributed by atoms with Crippen molar-refractivity contribution in [1.82, 2.24) is 4.90 Å². The van der Waals surface area contributed by atoms with Gasteiger partial charge in [0.25, 0.3) is 0 Å². The average Bonchev–Trinajstić information content (AvgIpc) is 2.28. The van der Waals surface area contributed by atoms with Gasteiger partial charge in [-0.15, -0.1) is 12.4 Å². The molecule has 0 saturated carbocycles. The number of halogens is 1. The van der Waals surface area contributed by atoms with Crippen LogP contribution in [0.4, 0.5) is 0 Å². The Morgan fingerprint density at radius 1 is 1.44 bits per heavy atom. The van der Waals surface area contributed by atoms with Crippen LogP contribution in [0.2, 0.25) is 0 Å². The minimum absolute atomic E-state index is 0. The van der Waals surface area contributed by atoms with Crippen molar-refractivity contribution in [3.8, 4) is 0 Å². The Morgan fingerprint density at radius 2 is 2.06 bits per heavy atom. The van der Waals surface area contributed by atoms with Crippen molar-refractivity contribution < 1.29 is 14.3 Å². The van der Waals surface area contributed by atoms with Crippen molar-refractivity contribution in [1.29, 1.82) is 0 Å². The Bertz CT molecular complexity index is 256. The van der Waals surface area contributed by atoms with Crippen LogP contribution in [0.25, 0.3) is 0 Å². The first kappa shape index (κ1) is 15.4. The maximum atomic E-state index is 11.7. The molecule has 5 heteroatoms. The molecule has 1 aliphatic rings. The average molecular weight is 250 g/mol. The second kappa shape index (κ2) is 6.86. The molecular formula is C11H20ClNO3. The number of rotatable bonds is 2. The van der Waals surface area contributed by atoms with Crippen molar-refractivity contribution >= 4 is 24.2 Å². The zero-order valence-electron chi connectivity index (χ0n) is 10.1. The molecule has 1 heterocycles. The Morgan fingerprint density at radius 3 is 2.62 bits per heavy atom. The van der Waals surface area contributed by atoms with Gasteiger partial charge in [0, 0.05) is 13.0 Å². The van der Waals surface area contributed by atoms with Gasteiger partial charge in [0.2, 0.25) is 0 Å². The largest absolute Gasteiger partial charge is 0.462 e. The highest BCUT2D eigenvalue weighted by molar-refractivity contribution is 5.99. The maximum Gasteiger partial charge on any atom is 0.316 e. The van der Waals surface area contributed by atoms with E-state index in [4.69, 9.17) is 4.74 Å². The van der Waals surface area contributed by atoms with E-state index in [0.717, 1.165) is 13.1 Å². The summed E-state index contributed by atoms with van der Waals surface area (Å²) >= 11 is 0.